The molecule has 1 aromatic heterocycles. The summed E-state index contributed by atoms with van der Waals surface area (Å²) in [6, 6.07) is 2.58. The predicted molar refractivity (Wildman–Crippen MR) is 146 cm³/mol. The SMILES string of the molecule is CC(NC(=O)C(N)CCC(=O)O)C(=O)NC(CCCN=C(N)N)C(=O)NC(Cc1c[nH]c2ccccc12)C(=O)O. The zero-order valence-electron chi connectivity index (χ0n) is 22.1. The first-order valence-electron chi connectivity index (χ1n) is 12.6. The molecule has 40 heavy (non-hydrogen) atoms. The summed E-state index contributed by atoms with van der Waals surface area (Å²) >= 11 is 0. The number of nitrogens with one attached hydrogen (secondary N) is 4. The van der Waals surface area contributed by atoms with E-state index in [0.29, 0.717) is 5.56 Å². The first-order chi connectivity index (χ1) is 18.9. The van der Waals surface area contributed by atoms with Crippen LogP contribution in [0.15, 0.2) is 35.5 Å². The van der Waals surface area contributed by atoms with E-state index in [9.17, 15) is 29.1 Å². The van der Waals surface area contributed by atoms with Gasteiger partial charge in [-0.2, -0.15) is 0 Å². The number of carboxylic acid groups (broad SMARTS) is 2. The summed E-state index contributed by atoms with van der Waals surface area (Å²) in [5.74, 6) is -4.74. The molecule has 4 atom stereocenters. The molecule has 3 amide bonds. The number of fused-ring (bicyclic) bond motifs is 1. The molecular formula is C25H36N8O7. The molecule has 1 aromatic carbocycles. The van der Waals surface area contributed by atoms with E-state index in [4.69, 9.17) is 22.3 Å². The van der Waals surface area contributed by atoms with Crippen molar-refractivity contribution in [2.75, 3.05) is 6.54 Å². The van der Waals surface area contributed by atoms with Gasteiger partial charge in [0.25, 0.3) is 0 Å². The molecule has 0 aliphatic heterocycles. The van der Waals surface area contributed by atoms with Crippen molar-refractivity contribution in [1.82, 2.24) is 20.9 Å². The largest absolute Gasteiger partial charge is 0.481 e. The van der Waals surface area contributed by atoms with E-state index in [-0.39, 0.29) is 44.6 Å². The second kappa shape index (κ2) is 15.1. The number of carbonyl (C=O) groups is 5. The number of carboxylic acids is 2. The highest BCUT2D eigenvalue weighted by Crippen LogP contribution is 2.19. The Balaban J connectivity index is 2.10. The van der Waals surface area contributed by atoms with Gasteiger partial charge in [-0.1, -0.05) is 18.2 Å². The Morgan fingerprint density at radius 1 is 0.950 bits per heavy atom. The normalized spacial score (nSPS) is 13.8. The van der Waals surface area contributed by atoms with Gasteiger partial charge < -0.3 is 48.3 Å². The molecule has 0 aliphatic rings. The summed E-state index contributed by atoms with van der Waals surface area (Å²) in [6.07, 6.45) is 1.55. The van der Waals surface area contributed by atoms with Gasteiger partial charge in [0.2, 0.25) is 17.7 Å². The summed E-state index contributed by atoms with van der Waals surface area (Å²) in [6.45, 7) is 1.52. The number of guanidine groups is 1. The number of nitrogens with zero attached hydrogens (tertiary/aromatic N) is 1. The summed E-state index contributed by atoms with van der Waals surface area (Å²) in [7, 11) is 0. The molecule has 0 saturated heterocycles. The standard InChI is InChI=1S/C25H36N8O7/c1-13(31-22(37)16(26)8-9-20(34)35)21(36)32-18(7-4-10-29-25(27)28)23(38)33-19(24(39)40)11-14-12-30-17-6-3-2-5-15(14)17/h2-3,5-6,12-13,16,18-19,30H,4,7-11,26H2,1H3,(H,31,37)(H,32,36)(H,33,38)(H,34,35)(H,39,40)(H4,27,28,29). The smallest absolute Gasteiger partial charge is 0.326 e. The lowest BCUT2D eigenvalue weighted by molar-refractivity contribution is -0.142. The van der Waals surface area contributed by atoms with Crippen molar-refractivity contribution >= 4 is 46.5 Å². The number of hydrogen-bond acceptors (Lipinski definition) is 7. The van der Waals surface area contributed by atoms with Gasteiger partial charge in [0.05, 0.1) is 6.04 Å². The lowest BCUT2D eigenvalue weighted by Gasteiger charge is -2.23. The number of aliphatic imine (C=N–C) groups is 1. The Morgan fingerprint density at radius 3 is 2.27 bits per heavy atom. The summed E-state index contributed by atoms with van der Waals surface area (Å²) < 4.78 is 0. The molecular weight excluding hydrogens is 524 g/mol. The molecule has 0 radical (unpaired) electrons. The number of aliphatic carboxylic acids is 2. The fourth-order valence-electron chi connectivity index (χ4n) is 3.86. The van der Waals surface area contributed by atoms with Crippen molar-refractivity contribution in [3.63, 3.8) is 0 Å². The molecule has 2 rings (SSSR count). The Kier molecular flexibility index (Phi) is 11.9. The second-order valence-electron chi connectivity index (χ2n) is 9.24. The van der Waals surface area contributed by atoms with Crippen LogP contribution in [0.5, 0.6) is 0 Å². The van der Waals surface area contributed by atoms with Gasteiger partial charge in [-0.3, -0.25) is 24.2 Å². The van der Waals surface area contributed by atoms with Crippen molar-refractivity contribution in [2.24, 2.45) is 22.2 Å². The molecule has 15 nitrogen and oxygen atoms in total. The molecule has 0 spiro atoms. The molecule has 0 aliphatic carbocycles. The van der Waals surface area contributed by atoms with Crippen LogP contribution in [0.4, 0.5) is 0 Å². The number of para-hydroxylation sites is 1. The number of aromatic nitrogens is 1. The van der Waals surface area contributed by atoms with Gasteiger partial charge in [-0.25, -0.2) is 4.79 Å². The van der Waals surface area contributed by atoms with Crippen LogP contribution in [0.3, 0.4) is 0 Å². The van der Waals surface area contributed by atoms with Crippen LogP contribution in [0.25, 0.3) is 10.9 Å². The van der Waals surface area contributed by atoms with Crippen LogP contribution in [0.2, 0.25) is 0 Å². The van der Waals surface area contributed by atoms with Crippen LogP contribution in [-0.2, 0) is 30.4 Å². The molecule has 15 heteroatoms. The Labute approximate surface area is 229 Å². The number of hydrogen-bond donors (Lipinski definition) is 9. The van der Waals surface area contributed by atoms with Crippen LogP contribution in [-0.4, -0.2) is 81.5 Å². The van der Waals surface area contributed by atoms with Crippen molar-refractivity contribution < 1.29 is 34.2 Å². The zero-order valence-corrected chi connectivity index (χ0v) is 22.1. The molecule has 12 N–H and O–H groups in total. The highest BCUT2D eigenvalue weighted by molar-refractivity contribution is 5.94. The van der Waals surface area contributed by atoms with Gasteiger partial charge in [0, 0.05) is 36.5 Å². The maximum Gasteiger partial charge on any atom is 0.326 e. The van der Waals surface area contributed by atoms with Crippen molar-refractivity contribution in [3.8, 4) is 0 Å². The quantitative estimate of drug-likeness (QED) is 0.0652. The molecule has 0 saturated carbocycles. The number of carbonyl (C=O) groups excluding carboxylic acids is 3. The number of benzene rings is 1. The van der Waals surface area contributed by atoms with E-state index in [0.717, 1.165) is 10.9 Å². The van der Waals surface area contributed by atoms with Gasteiger partial charge in [-0.15, -0.1) is 0 Å². The third-order valence-electron chi connectivity index (χ3n) is 6.05. The minimum absolute atomic E-state index is 0.0134. The minimum atomic E-state index is -1.30. The maximum absolute atomic E-state index is 13.2. The van der Waals surface area contributed by atoms with E-state index in [2.05, 4.69) is 25.9 Å². The minimum Gasteiger partial charge on any atom is -0.481 e. The fourth-order valence-corrected chi connectivity index (χ4v) is 3.86. The summed E-state index contributed by atoms with van der Waals surface area (Å²) in [5, 5.41) is 26.7. The van der Waals surface area contributed by atoms with Crippen molar-refractivity contribution in [2.45, 2.75) is 63.2 Å². The fraction of sp³-hybridized carbons (Fsp3) is 0.440. The number of rotatable bonds is 16. The molecule has 0 fully saturated rings. The molecule has 0 bridgehead atoms. The predicted octanol–water partition coefficient (Wildman–Crippen LogP) is -1.48. The van der Waals surface area contributed by atoms with Gasteiger partial charge in [0.1, 0.15) is 18.1 Å². The highest BCUT2D eigenvalue weighted by Gasteiger charge is 2.29. The number of amides is 3. The van der Waals surface area contributed by atoms with Crippen molar-refractivity contribution in [3.05, 3.63) is 36.0 Å². The average Bonchev–Trinajstić information content (AvgIpc) is 3.30. The molecule has 218 valence electrons. The van der Waals surface area contributed by atoms with E-state index in [1.807, 2.05) is 24.3 Å². The Morgan fingerprint density at radius 2 is 1.62 bits per heavy atom. The molecule has 1 heterocycles. The average molecular weight is 561 g/mol. The lowest BCUT2D eigenvalue weighted by Crippen LogP contribution is -2.56. The Hall–Kier alpha value is -4.66. The van der Waals surface area contributed by atoms with Crippen LogP contribution in [0, 0.1) is 0 Å². The maximum atomic E-state index is 13.2. The van der Waals surface area contributed by atoms with Gasteiger partial charge in [-0.05, 0) is 37.8 Å². The van der Waals surface area contributed by atoms with E-state index >= 15 is 0 Å². The summed E-state index contributed by atoms with van der Waals surface area (Å²) in [5.41, 5.74) is 17.8. The van der Waals surface area contributed by atoms with Crippen molar-refractivity contribution in [1.29, 1.82) is 0 Å². The van der Waals surface area contributed by atoms with Crippen LogP contribution < -0.4 is 33.2 Å². The monoisotopic (exact) mass is 560 g/mol. The molecule has 2 aromatic rings. The van der Waals surface area contributed by atoms with E-state index in [1.54, 1.807) is 6.20 Å². The van der Waals surface area contributed by atoms with Crippen LogP contribution in [0.1, 0.15) is 38.2 Å². The van der Waals surface area contributed by atoms with Gasteiger partial charge in [0.15, 0.2) is 5.96 Å². The summed E-state index contributed by atoms with van der Waals surface area (Å²) in [4.78, 5) is 67.8. The zero-order chi connectivity index (χ0) is 29.8. The first kappa shape index (κ1) is 31.6. The second-order valence-corrected chi connectivity index (χ2v) is 9.24. The third kappa shape index (κ3) is 9.90. The Bertz CT molecular complexity index is 1240. The lowest BCUT2D eigenvalue weighted by atomic mass is 10.0. The van der Waals surface area contributed by atoms with E-state index < -0.39 is 53.8 Å². The third-order valence-corrected chi connectivity index (χ3v) is 6.05. The topological polar surface area (TPSA) is 268 Å². The highest BCUT2D eigenvalue weighted by atomic mass is 16.4. The van der Waals surface area contributed by atoms with Gasteiger partial charge >= 0.3 is 11.9 Å². The molecule has 4 unspecified atom stereocenters. The first-order valence-corrected chi connectivity index (χ1v) is 12.6. The van der Waals surface area contributed by atoms with Crippen LogP contribution >= 0.6 is 0 Å². The number of H-pyrrole nitrogens is 1. The van der Waals surface area contributed by atoms with E-state index in [1.165, 1.54) is 6.92 Å². The number of nitrogens with two attached hydrogens (primary N) is 3. The number of aromatic amines is 1.